The fraction of sp³-hybridized carbons (Fsp3) is 0.485. The van der Waals surface area contributed by atoms with Gasteiger partial charge in [0.15, 0.2) is 0 Å². The number of H-pyrrole nitrogens is 1. The number of rotatable bonds is 10. The van der Waals surface area contributed by atoms with Crippen LogP contribution in [0.2, 0.25) is 0 Å². The molecule has 0 saturated heterocycles. The van der Waals surface area contributed by atoms with Crippen molar-refractivity contribution in [3.63, 3.8) is 0 Å². The van der Waals surface area contributed by atoms with Crippen molar-refractivity contribution in [3.05, 3.63) is 75.7 Å². The first kappa shape index (κ1) is 29.0. The molecule has 3 heterocycles. The van der Waals surface area contributed by atoms with E-state index in [0.717, 1.165) is 91.3 Å². The van der Waals surface area contributed by atoms with Crippen LogP contribution in [-0.2, 0) is 24.2 Å². The molecule has 2 aliphatic rings. The fourth-order valence-electron chi connectivity index (χ4n) is 7.43. The molecule has 0 radical (unpaired) electrons. The van der Waals surface area contributed by atoms with E-state index in [1.54, 1.807) is 0 Å². The first-order valence-corrected chi connectivity index (χ1v) is 15.7. The highest BCUT2D eigenvalue weighted by Gasteiger charge is 2.49. The summed E-state index contributed by atoms with van der Waals surface area (Å²) in [5.74, 6) is 0.577. The van der Waals surface area contributed by atoms with Crippen molar-refractivity contribution in [1.29, 1.82) is 0 Å². The van der Waals surface area contributed by atoms with Crippen LogP contribution in [0.1, 0.15) is 81.2 Å². The molecule has 1 unspecified atom stereocenters. The van der Waals surface area contributed by atoms with E-state index < -0.39 is 5.41 Å². The Morgan fingerprint density at radius 1 is 1.07 bits per heavy atom. The summed E-state index contributed by atoms with van der Waals surface area (Å²) in [7, 11) is 0. The van der Waals surface area contributed by atoms with E-state index in [-0.39, 0.29) is 30.7 Å². The number of nitrogens with zero attached hydrogens (tertiary/aromatic N) is 5. The van der Waals surface area contributed by atoms with Crippen LogP contribution in [0.5, 0.6) is 0 Å². The average Bonchev–Trinajstić information content (AvgIpc) is 3.68. The van der Waals surface area contributed by atoms with Gasteiger partial charge in [-0.1, -0.05) is 81.1 Å². The average molecular weight is 584 g/mol. The van der Waals surface area contributed by atoms with Gasteiger partial charge in [0.1, 0.15) is 0 Å². The highest BCUT2D eigenvalue weighted by atomic mass is 16.3. The molecule has 1 saturated carbocycles. The molecule has 1 aliphatic carbocycles. The Morgan fingerprint density at radius 2 is 1.84 bits per heavy atom. The molecule has 4 aromatic rings. The van der Waals surface area contributed by atoms with Gasteiger partial charge in [0.2, 0.25) is 11.7 Å². The second-order valence-electron chi connectivity index (χ2n) is 12.0. The van der Waals surface area contributed by atoms with Gasteiger partial charge in [-0.15, -0.1) is 10.2 Å². The van der Waals surface area contributed by atoms with E-state index in [4.69, 9.17) is 0 Å². The maximum absolute atomic E-state index is 14.0. The lowest BCUT2D eigenvalue weighted by molar-refractivity contribution is -0.138. The lowest BCUT2D eigenvalue weighted by atomic mass is 9.66. The zero-order valence-electron chi connectivity index (χ0n) is 24.9. The van der Waals surface area contributed by atoms with Crippen molar-refractivity contribution in [2.75, 3.05) is 13.2 Å². The van der Waals surface area contributed by atoms with Crippen LogP contribution in [-0.4, -0.2) is 54.2 Å². The second-order valence-corrected chi connectivity index (χ2v) is 12.0. The number of fused-ring (bicyclic) bond motifs is 1. The van der Waals surface area contributed by atoms with Crippen molar-refractivity contribution in [2.24, 2.45) is 5.41 Å². The SMILES string of the molecule is CCCc1c(Cc2ccc(-c3ccccc3-c3nn[nH]n3)cc2)c(=O)n2n1C(C1(C(=O)NCCO)CCCCC1)CCC2. The number of nitrogens with one attached hydrogen (secondary N) is 2. The summed E-state index contributed by atoms with van der Waals surface area (Å²) in [5, 5.41) is 27.0. The maximum atomic E-state index is 14.0. The van der Waals surface area contributed by atoms with Crippen molar-refractivity contribution in [1.82, 2.24) is 35.3 Å². The molecule has 10 nitrogen and oxygen atoms in total. The first-order valence-electron chi connectivity index (χ1n) is 15.7. The number of aliphatic hydroxyl groups is 1. The van der Waals surface area contributed by atoms with Crippen molar-refractivity contribution >= 4 is 5.91 Å². The van der Waals surface area contributed by atoms with Crippen molar-refractivity contribution < 1.29 is 9.90 Å². The summed E-state index contributed by atoms with van der Waals surface area (Å²) in [4.78, 5) is 27.8. The molecule has 6 rings (SSSR count). The minimum atomic E-state index is -0.561. The predicted molar refractivity (Wildman–Crippen MR) is 164 cm³/mol. The summed E-state index contributed by atoms with van der Waals surface area (Å²) >= 11 is 0. The normalized spacial score (nSPS) is 17.9. The van der Waals surface area contributed by atoms with Gasteiger partial charge in [-0.25, -0.2) is 4.68 Å². The number of hydrogen-bond acceptors (Lipinski definition) is 6. The Bertz CT molecular complexity index is 1600. The molecule has 2 aromatic carbocycles. The molecule has 1 atom stereocenters. The molecule has 1 amide bonds. The molecule has 1 fully saturated rings. The molecule has 10 heteroatoms. The molecular formula is C33H41N7O3. The molecule has 3 N–H and O–H groups in total. The van der Waals surface area contributed by atoms with Crippen molar-refractivity contribution in [3.8, 4) is 22.5 Å². The zero-order chi connectivity index (χ0) is 29.8. The second kappa shape index (κ2) is 12.7. The molecular weight excluding hydrogens is 542 g/mol. The van der Waals surface area contributed by atoms with Crippen LogP contribution in [0.4, 0.5) is 0 Å². The third kappa shape index (κ3) is 5.44. The number of tetrazole rings is 1. The van der Waals surface area contributed by atoms with Gasteiger partial charge < -0.3 is 10.4 Å². The zero-order valence-corrected chi connectivity index (χ0v) is 24.9. The summed E-state index contributed by atoms with van der Waals surface area (Å²) in [6, 6.07) is 16.3. The van der Waals surface area contributed by atoms with Crippen LogP contribution in [0, 0.1) is 5.41 Å². The van der Waals surface area contributed by atoms with Crippen LogP contribution < -0.4 is 10.9 Å². The Labute approximate surface area is 251 Å². The van der Waals surface area contributed by atoms with E-state index >= 15 is 0 Å². The molecule has 226 valence electrons. The summed E-state index contributed by atoms with van der Waals surface area (Å²) in [5.41, 5.74) is 5.46. The number of amides is 1. The minimum Gasteiger partial charge on any atom is -0.395 e. The quantitative estimate of drug-likeness (QED) is 0.253. The predicted octanol–water partition coefficient (Wildman–Crippen LogP) is 4.43. The number of aliphatic hydroxyl groups excluding tert-OH is 1. The van der Waals surface area contributed by atoms with Crippen LogP contribution in [0.15, 0.2) is 53.3 Å². The summed E-state index contributed by atoms with van der Waals surface area (Å²) < 4.78 is 4.17. The number of carbonyl (C=O) groups excluding carboxylic acids is 1. The van der Waals surface area contributed by atoms with Gasteiger partial charge >= 0.3 is 0 Å². The molecule has 0 spiro atoms. The van der Waals surface area contributed by atoms with E-state index in [1.807, 2.05) is 28.9 Å². The summed E-state index contributed by atoms with van der Waals surface area (Å²) in [6.45, 7) is 3.01. The number of aromatic amines is 1. The smallest absolute Gasteiger partial charge is 0.270 e. The van der Waals surface area contributed by atoms with Gasteiger partial charge in [-0.3, -0.25) is 14.3 Å². The minimum absolute atomic E-state index is 0.0292. The highest BCUT2D eigenvalue weighted by Crippen LogP contribution is 2.49. The molecule has 2 aromatic heterocycles. The van der Waals surface area contributed by atoms with E-state index in [9.17, 15) is 14.7 Å². The molecule has 1 aliphatic heterocycles. The maximum Gasteiger partial charge on any atom is 0.270 e. The van der Waals surface area contributed by atoms with Gasteiger partial charge in [-0.05, 0) is 54.0 Å². The Balaban J connectivity index is 1.35. The topological polar surface area (TPSA) is 131 Å². The van der Waals surface area contributed by atoms with Crippen molar-refractivity contribution in [2.45, 2.75) is 83.7 Å². The third-order valence-electron chi connectivity index (χ3n) is 9.40. The third-order valence-corrected chi connectivity index (χ3v) is 9.40. The Hall–Kier alpha value is -4.05. The van der Waals surface area contributed by atoms with E-state index in [1.165, 1.54) is 0 Å². The lowest BCUT2D eigenvalue weighted by Gasteiger charge is -2.45. The van der Waals surface area contributed by atoms with E-state index in [2.05, 4.69) is 61.8 Å². The Morgan fingerprint density at radius 3 is 2.53 bits per heavy atom. The van der Waals surface area contributed by atoms with Crippen LogP contribution >= 0.6 is 0 Å². The molecule has 43 heavy (non-hydrogen) atoms. The number of carbonyl (C=O) groups is 1. The van der Waals surface area contributed by atoms with Crippen LogP contribution in [0.25, 0.3) is 22.5 Å². The largest absolute Gasteiger partial charge is 0.395 e. The van der Waals surface area contributed by atoms with Gasteiger partial charge in [0.05, 0.1) is 18.1 Å². The van der Waals surface area contributed by atoms with E-state index in [0.29, 0.717) is 18.8 Å². The number of benzene rings is 2. The number of hydrogen-bond donors (Lipinski definition) is 3. The monoisotopic (exact) mass is 583 g/mol. The van der Waals surface area contributed by atoms with Crippen LogP contribution in [0.3, 0.4) is 0 Å². The summed E-state index contributed by atoms with van der Waals surface area (Å²) in [6.07, 6.45) is 8.78. The number of aromatic nitrogens is 6. The van der Waals surface area contributed by atoms with Gasteiger partial charge in [0, 0.05) is 36.3 Å². The fourth-order valence-corrected chi connectivity index (χ4v) is 7.43. The highest BCUT2D eigenvalue weighted by molar-refractivity contribution is 5.83. The van der Waals surface area contributed by atoms with Gasteiger partial charge in [0.25, 0.3) is 5.56 Å². The lowest BCUT2D eigenvalue weighted by Crippen LogP contribution is -2.51. The molecule has 0 bridgehead atoms. The first-order chi connectivity index (χ1) is 21.1. The Kier molecular flexibility index (Phi) is 8.56. The standard InChI is InChI=1S/C33H41N7O3/c1-2-9-28-27(22-23-13-15-24(16-14-23)25-10-4-5-11-26(25)30-35-37-38-36-30)31(42)39-20-8-12-29(40(28)39)33(17-6-3-7-18-33)32(43)34-19-21-41/h4-5,10-11,13-16,29,41H,2-3,6-9,12,17-22H2,1H3,(H,34,43)(H,35,36,37,38). The van der Waals surface area contributed by atoms with Gasteiger partial charge in [-0.2, -0.15) is 5.21 Å².